The minimum atomic E-state index is 0.555. The zero-order chi connectivity index (χ0) is 18.4. The number of aromatic nitrogens is 2. The monoisotopic (exact) mass is 387 g/mol. The first-order valence-corrected chi connectivity index (χ1v) is 9.29. The molecule has 0 aliphatic rings. The average Bonchev–Trinajstić information content (AvgIpc) is 2.88. The van der Waals surface area contributed by atoms with Crippen LogP contribution in [0, 0.1) is 5.21 Å². The number of pyridine rings is 1. The molecule has 0 fully saturated rings. The Balaban J connectivity index is 2.07. The smallest absolute Gasteiger partial charge is 0.227 e. The number of rotatable bonds is 4. The van der Waals surface area contributed by atoms with E-state index in [0.29, 0.717) is 15.6 Å². The van der Waals surface area contributed by atoms with E-state index in [1.165, 1.54) is 0 Å². The molecule has 4 aromatic rings. The normalized spacial score (nSPS) is 12.0. The fourth-order valence-electron chi connectivity index (χ4n) is 3.63. The van der Waals surface area contributed by atoms with Gasteiger partial charge in [0.1, 0.15) is 0 Å². The lowest BCUT2D eigenvalue weighted by Gasteiger charge is -2.12. The number of halogens is 2. The van der Waals surface area contributed by atoms with E-state index >= 15 is 0 Å². The van der Waals surface area contributed by atoms with Gasteiger partial charge in [-0.05, 0) is 57.4 Å². The van der Waals surface area contributed by atoms with Gasteiger partial charge in [-0.2, -0.15) is 4.73 Å². The summed E-state index contributed by atoms with van der Waals surface area (Å²) in [6.07, 6.45) is 2.64. The van der Waals surface area contributed by atoms with Crippen molar-refractivity contribution < 1.29 is 4.73 Å². The molecule has 0 N–H and O–H groups in total. The number of fused-ring (bicyclic) bond motifs is 5. The summed E-state index contributed by atoms with van der Waals surface area (Å²) in [5, 5.41) is 16.6. The molecule has 2 aromatic heterocycles. The summed E-state index contributed by atoms with van der Waals surface area (Å²) < 4.78 is 3.19. The summed E-state index contributed by atoms with van der Waals surface area (Å²) in [5.74, 6) is 0. The van der Waals surface area contributed by atoms with Crippen molar-refractivity contribution in [3.63, 3.8) is 0 Å². The Morgan fingerprint density at radius 2 is 1.73 bits per heavy atom. The van der Waals surface area contributed by atoms with Crippen LogP contribution in [-0.4, -0.2) is 30.1 Å². The van der Waals surface area contributed by atoms with Gasteiger partial charge in [0.05, 0.1) is 16.3 Å². The third-order valence-corrected chi connectivity index (χ3v) is 5.22. The maximum Gasteiger partial charge on any atom is 0.227 e. The molecular formula is C20H19Cl2N3O. The van der Waals surface area contributed by atoms with Crippen molar-refractivity contribution in [3.05, 3.63) is 57.8 Å². The van der Waals surface area contributed by atoms with Crippen LogP contribution in [0.1, 0.15) is 6.42 Å². The molecule has 134 valence electrons. The Labute approximate surface area is 161 Å². The van der Waals surface area contributed by atoms with Crippen LogP contribution >= 0.6 is 23.2 Å². The summed E-state index contributed by atoms with van der Waals surface area (Å²) in [7, 11) is 4.15. The first-order chi connectivity index (χ1) is 12.5. The lowest BCUT2D eigenvalue weighted by molar-refractivity contribution is -0.575. The number of aryl methyl sites for hydroxylation is 1. The highest BCUT2D eigenvalue weighted by atomic mass is 35.5. The molecule has 2 heterocycles. The topological polar surface area (TPSA) is 35.1 Å². The summed E-state index contributed by atoms with van der Waals surface area (Å²) in [4.78, 5) is 2.17. The molecule has 0 aliphatic carbocycles. The second-order valence-corrected chi connectivity index (χ2v) is 7.72. The highest BCUT2D eigenvalue weighted by Crippen LogP contribution is 2.34. The van der Waals surface area contributed by atoms with Crippen LogP contribution < -0.4 is 4.73 Å². The lowest BCUT2D eigenvalue weighted by Crippen LogP contribution is -2.26. The van der Waals surface area contributed by atoms with Gasteiger partial charge in [0, 0.05) is 33.6 Å². The standard InChI is InChI=1S/C20H19Cl2N3O/c1-23(2)8-3-9-24-18-7-5-13(21)10-16(18)17-12-25(26)19-11-14(22)4-6-15(19)20(17)24/h4-7,10-12H,3,8-9H2,1-2H3. The number of hydrogen-bond donors (Lipinski definition) is 0. The first-order valence-electron chi connectivity index (χ1n) is 8.53. The summed E-state index contributed by atoms with van der Waals surface area (Å²) in [5.41, 5.74) is 2.72. The highest BCUT2D eigenvalue weighted by molar-refractivity contribution is 6.32. The molecule has 0 saturated carbocycles. The van der Waals surface area contributed by atoms with Gasteiger partial charge in [-0.25, -0.2) is 0 Å². The SMILES string of the molecule is CN(C)CCCn1c2ccc(Cl)cc2c2c[n+]([O-])c3cc(Cl)ccc3c21. The largest absolute Gasteiger partial charge is 0.618 e. The molecule has 0 amide bonds. The summed E-state index contributed by atoms with van der Waals surface area (Å²) in [6, 6.07) is 11.3. The van der Waals surface area contributed by atoms with E-state index in [9.17, 15) is 5.21 Å². The molecule has 0 spiro atoms. The van der Waals surface area contributed by atoms with Crippen molar-refractivity contribution >= 4 is 55.9 Å². The van der Waals surface area contributed by atoms with Crippen molar-refractivity contribution in [1.82, 2.24) is 9.47 Å². The summed E-state index contributed by atoms with van der Waals surface area (Å²) in [6.45, 7) is 1.85. The molecule has 0 bridgehead atoms. The molecule has 0 unspecified atom stereocenters. The molecule has 0 aliphatic heterocycles. The van der Waals surface area contributed by atoms with Gasteiger partial charge >= 0.3 is 0 Å². The molecule has 4 nitrogen and oxygen atoms in total. The van der Waals surface area contributed by atoms with Gasteiger partial charge in [-0.3, -0.25) is 0 Å². The lowest BCUT2D eigenvalue weighted by atomic mass is 10.1. The molecule has 4 rings (SSSR count). The fourth-order valence-corrected chi connectivity index (χ4v) is 3.96. The highest BCUT2D eigenvalue weighted by Gasteiger charge is 2.19. The third kappa shape index (κ3) is 2.88. The van der Waals surface area contributed by atoms with Gasteiger partial charge in [-0.15, -0.1) is 0 Å². The second-order valence-electron chi connectivity index (χ2n) is 6.85. The van der Waals surface area contributed by atoms with E-state index in [1.807, 2.05) is 30.3 Å². The maximum absolute atomic E-state index is 12.6. The van der Waals surface area contributed by atoms with Gasteiger partial charge in [-0.1, -0.05) is 23.2 Å². The number of hydrogen-bond acceptors (Lipinski definition) is 2. The van der Waals surface area contributed by atoms with Crippen molar-refractivity contribution in [1.29, 1.82) is 0 Å². The molecule has 0 radical (unpaired) electrons. The Morgan fingerprint density at radius 1 is 1.00 bits per heavy atom. The van der Waals surface area contributed by atoms with E-state index in [4.69, 9.17) is 23.2 Å². The minimum absolute atomic E-state index is 0.555. The van der Waals surface area contributed by atoms with Crippen LogP contribution in [0.4, 0.5) is 0 Å². The third-order valence-electron chi connectivity index (χ3n) is 4.75. The van der Waals surface area contributed by atoms with Crippen molar-refractivity contribution in [3.8, 4) is 0 Å². The van der Waals surface area contributed by atoms with Gasteiger partial charge in [0.25, 0.3) is 0 Å². The molecule has 0 saturated heterocycles. The Morgan fingerprint density at radius 3 is 2.50 bits per heavy atom. The summed E-state index contributed by atoms with van der Waals surface area (Å²) >= 11 is 12.4. The molecule has 26 heavy (non-hydrogen) atoms. The van der Waals surface area contributed by atoms with Crippen molar-refractivity contribution in [2.24, 2.45) is 0 Å². The molecule has 2 aromatic carbocycles. The van der Waals surface area contributed by atoms with E-state index in [1.54, 1.807) is 12.3 Å². The van der Waals surface area contributed by atoms with E-state index in [2.05, 4.69) is 23.6 Å². The van der Waals surface area contributed by atoms with Gasteiger partial charge in [0.15, 0.2) is 6.20 Å². The zero-order valence-electron chi connectivity index (χ0n) is 14.7. The molecule has 6 heteroatoms. The predicted octanol–water partition coefficient (Wildman–Crippen LogP) is 4.84. The van der Waals surface area contributed by atoms with Crippen LogP contribution in [0.3, 0.4) is 0 Å². The first kappa shape index (κ1) is 17.4. The Kier molecular flexibility index (Phi) is 4.43. The van der Waals surface area contributed by atoms with Crippen molar-refractivity contribution in [2.45, 2.75) is 13.0 Å². The predicted molar refractivity (Wildman–Crippen MR) is 109 cm³/mol. The quantitative estimate of drug-likeness (QED) is 0.370. The van der Waals surface area contributed by atoms with Gasteiger partial charge in [0.2, 0.25) is 5.52 Å². The van der Waals surface area contributed by atoms with E-state index < -0.39 is 0 Å². The Bertz CT molecular complexity index is 1130. The van der Waals surface area contributed by atoms with Crippen LogP contribution in [-0.2, 0) is 6.54 Å². The van der Waals surface area contributed by atoms with Gasteiger partial charge < -0.3 is 14.7 Å². The van der Waals surface area contributed by atoms with Crippen molar-refractivity contribution in [2.75, 3.05) is 20.6 Å². The average molecular weight is 388 g/mol. The van der Waals surface area contributed by atoms with Crippen LogP contribution in [0.5, 0.6) is 0 Å². The van der Waals surface area contributed by atoms with Crippen LogP contribution in [0.25, 0.3) is 32.7 Å². The minimum Gasteiger partial charge on any atom is -0.618 e. The van der Waals surface area contributed by atoms with Crippen LogP contribution in [0.15, 0.2) is 42.6 Å². The second kappa shape index (κ2) is 6.62. The maximum atomic E-state index is 12.6. The molecular weight excluding hydrogens is 369 g/mol. The van der Waals surface area contributed by atoms with E-state index in [-0.39, 0.29) is 0 Å². The number of nitrogens with zero attached hydrogens (tertiary/aromatic N) is 3. The zero-order valence-corrected chi connectivity index (χ0v) is 16.2. The number of benzene rings is 2. The van der Waals surface area contributed by atoms with E-state index in [0.717, 1.165) is 51.4 Å². The van der Waals surface area contributed by atoms with Crippen LogP contribution in [0.2, 0.25) is 10.0 Å². The fraction of sp³-hybridized carbons (Fsp3) is 0.250. The molecule has 0 atom stereocenters. The Hall–Kier alpha value is -2.01.